The molecule has 0 aliphatic heterocycles. The van der Waals surface area contributed by atoms with Crippen molar-refractivity contribution in [3.8, 4) is 0 Å². The number of aliphatic carboxylic acids is 1. The third-order valence-electron chi connectivity index (χ3n) is 4.26. The van der Waals surface area contributed by atoms with Gasteiger partial charge in [-0.25, -0.2) is 4.79 Å². The smallest absolute Gasteiger partial charge is 0.326 e. The number of hydrogen-bond acceptors (Lipinski definition) is 2. The van der Waals surface area contributed by atoms with E-state index in [0.29, 0.717) is 6.54 Å². The minimum absolute atomic E-state index is 0.217. The van der Waals surface area contributed by atoms with Gasteiger partial charge in [-0.15, -0.1) is 0 Å². The normalized spacial score (nSPS) is 12.0. The number of carbonyl (C=O) groups is 2. The Kier molecular flexibility index (Phi) is 5.73. The highest BCUT2D eigenvalue weighted by atomic mass is 79.9. The summed E-state index contributed by atoms with van der Waals surface area (Å²) >= 11 is 3.51. The first kappa shape index (κ1) is 18.2. The number of aryl methyl sites for hydroxylation is 1. The van der Waals surface area contributed by atoms with Crippen LogP contribution in [0.2, 0.25) is 0 Å². The zero-order chi connectivity index (χ0) is 18.5. The molecule has 1 aromatic heterocycles. The standard InChI is InChI=1S/C20H19BrN2O3/c21-16-7-4-8-18-15(16)9-11-23(18)12-10-19(24)22-17(20(25)26)13-14-5-2-1-3-6-14/h1-9,11,17H,10,12-13H2,(H,22,24)(H,25,26)/t17-/m1/s1. The van der Waals surface area contributed by atoms with Gasteiger partial charge in [-0.3, -0.25) is 4.79 Å². The first-order valence-corrected chi connectivity index (χ1v) is 9.13. The second-order valence-corrected chi connectivity index (χ2v) is 6.93. The molecule has 0 saturated heterocycles. The lowest BCUT2D eigenvalue weighted by atomic mass is 10.1. The summed E-state index contributed by atoms with van der Waals surface area (Å²) in [6.07, 6.45) is 2.41. The maximum atomic E-state index is 12.2. The number of nitrogens with zero attached hydrogens (tertiary/aromatic N) is 1. The molecular formula is C20H19BrN2O3. The first-order valence-electron chi connectivity index (χ1n) is 8.34. The maximum Gasteiger partial charge on any atom is 0.326 e. The Bertz CT molecular complexity index is 921. The summed E-state index contributed by atoms with van der Waals surface area (Å²) in [7, 11) is 0. The molecule has 3 aromatic rings. The number of aromatic nitrogens is 1. The van der Waals surface area contributed by atoms with E-state index in [1.807, 2.05) is 65.4 Å². The topological polar surface area (TPSA) is 71.3 Å². The largest absolute Gasteiger partial charge is 0.480 e. The quantitative estimate of drug-likeness (QED) is 0.620. The summed E-state index contributed by atoms with van der Waals surface area (Å²) in [4.78, 5) is 23.7. The molecule has 0 bridgehead atoms. The van der Waals surface area contributed by atoms with Gasteiger partial charge < -0.3 is 15.0 Å². The fourth-order valence-corrected chi connectivity index (χ4v) is 3.41. The summed E-state index contributed by atoms with van der Waals surface area (Å²) < 4.78 is 3.00. The molecule has 0 saturated carbocycles. The third kappa shape index (κ3) is 4.32. The predicted molar refractivity (Wildman–Crippen MR) is 104 cm³/mol. The van der Waals surface area contributed by atoms with E-state index in [4.69, 9.17) is 0 Å². The van der Waals surface area contributed by atoms with Crippen molar-refractivity contribution >= 4 is 38.7 Å². The third-order valence-corrected chi connectivity index (χ3v) is 4.95. The van der Waals surface area contributed by atoms with Gasteiger partial charge in [0.1, 0.15) is 6.04 Å². The zero-order valence-corrected chi connectivity index (χ0v) is 15.6. The van der Waals surface area contributed by atoms with E-state index in [2.05, 4.69) is 21.2 Å². The highest BCUT2D eigenvalue weighted by Crippen LogP contribution is 2.24. The number of halogens is 1. The molecule has 1 heterocycles. The number of nitrogens with one attached hydrogen (secondary N) is 1. The van der Waals surface area contributed by atoms with E-state index in [9.17, 15) is 14.7 Å². The van der Waals surface area contributed by atoms with Gasteiger partial charge in [0.15, 0.2) is 0 Å². The lowest BCUT2D eigenvalue weighted by molar-refractivity contribution is -0.141. The zero-order valence-electron chi connectivity index (χ0n) is 14.1. The van der Waals surface area contributed by atoms with Gasteiger partial charge >= 0.3 is 5.97 Å². The van der Waals surface area contributed by atoms with Gasteiger partial charge in [0.2, 0.25) is 5.91 Å². The van der Waals surface area contributed by atoms with Crippen LogP contribution in [0.25, 0.3) is 10.9 Å². The van der Waals surface area contributed by atoms with Crippen molar-refractivity contribution < 1.29 is 14.7 Å². The minimum atomic E-state index is -1.03. The first-order chi connectivity index (χ1) is 12.5. The summed E-state index contributed by atoms with van der Waals surface area (Å²) in [5.41, 5.74) is 1.91. The highest BCUT2D eigenvalue weighted by Gasteiger charge is 2.20. The number of fused-ring (bicyclic) bond motifs is 1. The second-order valence-electron chi connectivity index (χ2n) is 6.08. The van der Waals surface area contributed by atoms with Gasteiger partial charge in [-0.1, -0.05) is 52.3 Å². The van der Waals surface area contributed by atoms with Crippen LogP contribution in [-0.2, 0) is 22.6 Å². The molecule has 1 atom stereocenters. The Hall–Kier alpha value is -2.60. The van der Waals surface area contributed by atoms with Crippen molar-refractivity contribution in [3.63, 3.8) is 0 Å². The van der Waals surface area contributed by atoms with Crippen molar-refractivity contribution in [1.82, 2.24) is 9.88 Å². The molecule has 0 radical (unpaired) electrons. The van der Waals surface area contributed by atoms with Crippen LogP contribution in [0, 0.1) is 0 Å². The van der Waals surface area contributed by atoms with E-state index in [0.717, 1.165) is 20.9 Å². The highest BCUT2D eigenvalue weighted by molar-refractivity contribution is 9.10. The van der Waals surface area contributed by atoms with E-state index in [1.54, 1.807) is 0 Å². The average Bonchev–Trinajstić information content (AvgIpc) is 3.05. The average molecular weight is 415 g/mol. The molecular weight excluding hydrogens is 396 g/mol. The Morgan fingerprint density at radius 3 is 2.58 bits per heavy atom. The van der Waals surface area contributed by atoms with E-state index in [1.165, 1.54) is 0 Å². The van der Waals surface area contributed by atoms with Crippen molar-refractivity contribution in [2.75, 3.05) is 0 Å². The fraction of sp³-hybridized carbons (Fsp3) is 0.200. The monoisotopic (exact) mass is 414 g/mol. The molecule has 3 rings (SSSR count). The Labute approximate surface area is 159 Å². The lowest BCUT2D eigenvalue weighted by Crippen LogP contribution is -2.42. The Morgan fingerprint density at radius 1 is 1.08 bits per heavy atom. The van der Waals surface area contributed by atoms with Gasteiger partial charge in [0.25, 0.3) is 0 Å². The van der Waals surface area contributed by atoms with E-state index >= 15 is 0 Å². The molecule has 0 spiro atoms. The van der Waals surface area contributed by atoms with Gasteiger partial charge in [-0.2, -0.15) is 0 Å². The summed E-state index contributed by atoms with van der Waals surface area (Å²) in [6, 6.07) is 16.3. The lowest BCUT2D eigenvalue weighted by Gasteiger charge is -2.15. The molecule has 2 N–H and O–H groups in total. The number of carboxylic acids is 1. The SMILES string of the molecule is O=C(CCn1ccc2c(Br)cccc21)N[C@H](Cc1ccccc1)C(=O)O. The molecule has 0 fully saturated rings. The maximum absolute atomic E-state index is 12.2. The van der Waals surface area contributed by atoms with Crippen LogP contribution in [0.4, 0.5) is 0 Å². The van der Waals surface area contributed by atoms with Crippen molar-refractivity contribution in [2.45, 2.75) is 25.4 Å². The molecule has 0 unspecified atom stereocenters. The fourth-order valence-electron chi connectivity index (χ4n) is 2.92. The Balaban J connectivity index is 1.61. The van der Waals surface area contributed by atoms with Crippen LogP contribution in [0.5, 0.6) is 0 Å². The van der Waals surface area contributed by atoms with Crippen molar-refractivity contribution in [3.05, 3.63) is 70.8 Å². The van der Waals surface area contributed by atoms with Crippen LogP contribution in [0.3, 0.4) is 0 Å². The van der Waals surface area contributed by atoms with Crippen LogP contribution in [0.15, 0.2) is 65.3 Å². The number of hydrogen-bond donors (Lipinski definition) is 2. The number of rotatable bonds is 7. The number of carbonyl (C=O) groups excluding carboxylic acids is 1. The van der Waals surface area contributed by atoms with Crippen LogP contribution in [0.1, 0.15) is 12.0 Å². The van der Waals surface area contributed by atoms with Gasteiger partial charge in [-0.05, 0) is 23.8 Å². The Morgan fingerprint density at radius 2 is 1.85 bits per heavy atom. The van der Waals surface area contributed by atoms with E-state index in [-0.39, 0.29) is 18.7 Å². The molecule has 0 aliphatic carbocycles. The van der Waals surface area contributed by atoms with Crippen LogP contribution >= 0.6 is 15.9 Å². The molecule has 26 heavy (non-hydrogen) atoms. The molecule has 6 heteroatoms. The number of amides is 1. The van der Waals surface area contributed by atoms with Crippen LogP contribution < -0.4 is 5.32 Å². The molecule has 5 nitrogen and oxygen atoms in total. The van der Waals surface area contributed by atoms with Crippen molar-refractivity contribution in [2.24, 2.45) is 0 Å². The molecule has 0 aliphatic rings. The number of carboxylic acid groups (broad SMARTS) is 1. The van der Waals surface area contributed by atoms with Gasteiger partial charge in [0.05, 0.1) is 0 Å². The van der Waals surface area contributed by atoms with Gasteiger partial charge in [0, 0.05) is 41.0 Å². The molecule has 2 aromatic carbocycles. The summed E-state index contributed by atoms with van der Waals surface area (Å²) in [5, 5.41) is 13.1. The minimum Gasteiger partial charge on any atom is -0.480 e. The number of benzene rings is 2. The van der Waals surface area contributed by atoms with E-state index < -0.39 is 12.0 Å². The molecule has 1 amide bonds. The van der Waals surface area contributed by atoms with Crippen molar-refractivity contribution in [1.29, 1.82) is 0 Å². The summed E-state index contributed by atoms with van der Waals surface area (Å²) in [5.74, 6) is -1.30. The van der Waals surface area contributed by atoms with Crippen LogP contribution in [-0.4, -0.2) is 27.6 Å². The molecule has 134 valence electrons. The predicted octanol–water partition coefficient (Wildman–Crippen LogP) is 3.61. The summed E-state index contributed by atoms with van der Waals surface area (Å²) in [6.45, 7) is 0.490. The second kappa shape index (κ2) is 8.19.